The molecule has 7 heteroatoms. The van der Waals surface area contributed by atoms with E-state index < -0.39 is 17.6 Å². The highest BCUT2D eigenvalue weighted by atomic mass is 19.4. The van der Waals surface area contributed by atoms with Gasteiger partial charge in [-0.1, -0.05) is 12.1 Å². The smallest absolute Gasteiger partial charge is 0.421 e. The van der Waals surface area contributed by atoms with Gasteiger partial charge in [0.2, 0.25) is 5.88 Å². The number of likely N-dealkylation sites (N-methyl/N-ethyl adjacent to an activating group) is 1. The van der Waals surface area contributed by atoms with Crippen LogP contribution < -0.4 is 4.74 Å². The number of hydrogen-bond donors (Lipinski definition) is 0. The summed E-state index contributed by atoms with van der Waals surface area (Å²) in [5.74, 6) is -0.0742. The zero-order valence-corrected chi connectivity index (χ0v) is 15.4. The molecule has 27 heavy (non-hydrogen) atoms. The molecule has 1 aliphatic heterocycles. The number of benzene rings is 1. The quantitative estimate of drug-likeness (QED) is 0.756. The SMILES string of the molecule is CN1CCN(CCCc2ccc(Oc3ncccc3C(F)(F)F)cc2)CC1. The van der Waals surface area contributed by atoms with Gasteiger partial charge in [-0.05, 0) is 56.3 Å². The predicted octanol–water partition coefficient (Wildman–Crippen LogP) is 4.07. The van der Waals surface area contributed by atoms with Crippen LogP contribution in [0.25, 0.3) is 0 Å². The van der Waals surface area contributed by atoms with E-state index in [1.54, 1.807) is 12.1 Å². The third kappa shape index (κ3) is 5.68. The monoisotopic (exact) mass is 379 g/mol. The molecule has 0 spiro atoms. The molecule has 0 amide bonds. The zero-order valence-electron chi connectivity index (χ0n) is 15.4. The fraction of sp³-hybridized carbons (Fsp3) is 0.450. The Morgan fingerprint density at radius 2 is 1.74 bits per heavy atom. The Labute approximate surface area is 157 Å². The molecule has 1 fully saturated rings. The summed E-state index contributed by atoms with van der Waals surface area (Å²) in [6.45, 7) is 5.50. The number of rotatable bonds is 6. The van der Waals surface area contributed by atoms with Crippen LogP contribution in [0.3, 0.4) is 0 Å². The van der Waals surface area contributed by atoms with E-state index >= 15 is 0 Å². The third-order valence-electron chi connectivity index (χ3n) is 4.75. The second-order valence-corrected chi connectivity index (χ2v) is 6.85. The van der Waals surface area contributed by atoms with Crippen molar-refractivity contribution in [1.29, 1.82) is 0 Å². The predicted molar refractivity (Wildman–Crippen MR) is 98.0 cm³/mol. The first-order valence-electron chi connectivity index (χ1n) is 9.12. The summed E-state index contributed by atoms with van der Waals surface area (Å²) in [4.78, 5) is 8.52. The summed E-state index contributed by atoms with van der Waals surface area (Å²) in [7, 11) is 2.14. The maximum atomic E-state index is 13.0. The van der Waals surface area contributed by atoms with Crippen molar-refractivity contribution in [3.63, 3.8) is 0 Å². The van der Waals surface area contributed by atoms with Gasteiger partial charge in [0.1, 0.15) is 11.3 Å². The van der Waals surface area contributed by atoms with Gasteiger partial charge in [0.25, 0.3) is 0 Å². The largest absolute Gasteiger partial charge is 0.438 e. The average Bonchev–Trinajstić information content (AvgIpc) is 2.64. The fourth-order valence-electron chi connectivity index (χ4n) is 3.10. The van der Waals surface area contributed by atoms with Crippen molar-refractivity contribution in [3.8, 4) is 11.6 Å². The highest BCUT2D eigenvalue weighted by molar-refractivity contribution is 5.35. The standard InChI is InChI=1S/C20H24F3N3O/c1-25-12-14-26(15-13-25)11-3-4-16-6-8-17(9-7-16)27-19-18(20(21,22)23)5-2-10-24-19/h2,5-10H,3-4,11-15H2,1H3. The van der Waals surface area contributed by atoms with Gasteiger partial charge in [0.15, 0.2) is 0 Å². The molecule has 3 rings (SSSR count). The Morgan fingerprint density at radius 1 is 1.04 bits per heavy atom. The van der Waals surface area contributed by atoms with Crippen LogP contribution >= 0.6 is 0 Å². The van der Waals surface area contributed by atoms with Crippen LogP contribution in [0.2, 0.25) is 0 Å². The maximum absolute atomic E-state index is 13.0. The van der Waals surface area contributed by atoms with Gasteiger partial charge >= 0.3 is 6.18 Å². The van der Waals surface area contributed by atoms with E-state index in [0.717, 1.165) is 57.2 Å². The van der Waals surface area contributed by atoms with Crippen LogP contribution in [0, 0.1) is 0 Å². The Balaban J connectivity index is 1.52. The van der Waals surface area contributed by atoms with Crippen LogP contribution in [-0.2, 0) is 12.6 Å². The minimum absolute atomic E-state index is 0.349. The van der Waals surface area contributed by atoms with E-state index in [4.69, 9.17) is 4.74 Å². The molecule has 146 valence electrons. The maximum Gasteiger partial charge on any atom is 0.421 e. The molecular weight excluding hydrogens is 355 g/mol. The Morgan fingerprint density at radius 3 is 2.41 bits per heavy atom. The third-order valence-corrected chi connectivity index (χ3v) is 4.75. The second-order valence-electron chi connectivity index (χ2n) is 6.85. The number of alkyl halides is 3. The number of ether oxygens (including phenoxy) is 1. The second kappa shape index (κ2) is 8.71. The molecule has 1 aromatic carbocycles. The fourth-order valence-corrected chi connectivity index (χ4v) is 3.10. The molecule has 0 aliphatic carbocycles. The average molecular weight is 379 g/mol. The molecule has 1 aromatic heterocycles. The number of aromatic nitrogens is 1. The van der Waals surface area contributed by atoms with Crippen LogP contribution in [0.1, 0.15) is 17.5 Å². The lowest BCUT2D eigenvalue weighted by atomic mass is 10.1. The van der Waals surface area contributed by atoms with Gasteiger partial charge in [-0.3, -0.25) is 0 Å². The first-order valence-corrected chi connectivity index (χ1v) is 9.12. The molecule has 1 aliphatic rings. The number of pyridine rings is 1. The molecule has 4 nitrogen and oxygen atoms in total. The van der Waals surface area contributed by atoms with Gasteiger partial charge in [0.05, 0.1) is 0 Å². The molecule has 2 aromatic rings. The van der Waals surface area contributed by atoms with E-state index in [1.165, 1.54) is 12.3 Å². The van der Waals surface area contributed by atoms with Crippen molar-refractivity contribution in [3.05, 3.63) is 53.7 Å². The van der Waals surface area contributed by atoms with Gasteiger partial charge in [-0.2, -0.15) is 13.2 Å². The molecule has 2 heterocycles. The van der Waals surface area contributed by atoms with Crippen molar-refractivity contribution in [2.24, 2.45) is 0 Å². The first-order chi connectivity index (χ1) is 12.9. The molecular formula is C20H24F3N3O. The van der Waals surface area contributed by atoms with Gasteiger partial charge in [-0.15, -0.1) is 0 Å². The number of nitrogens with zero attached hydrogens (tertiary/aromatic N) is 3. The summed E-state index contributed by atoms with van der Waals surface area (Å²) in [6, 6.07) is 9.40. The Kier molecular flexibility index (Phi) is 6.34. The van der Waals surface area contributed by atoms with Crippen molar-refractivity contribution in [1.82, 2.24) is 14.8 Å². The number of piperazine rings is 1. The van der Waals surface area contributed by atoms with Crippen molar-refractivity contribution in [2.75, 3.05) is 39.8 Å². The Bertz CT molecular complexity index is 726. The molecule has 0 saturated carbocycles. The van der Waals surface area contributed by atoms with Crippen LogP contribution in [-0.4, -0.2) is 54.6 Å². The minimum atomic E-state index is -4.49. The van der Waals surface area contributed by atoms with Gasteiger partial charge in [0, 0.05) is 32.4 Å². The topological polar surface area (TPSA) is 28.6 Å². The summed E-state index contributed by atoms with van der Waals surface area (Å²) in [5, 5.41) is 0. The van der Waals surface area contributed by atoms with E-state index in [9.17, 15) is 13.2 Å². The lowest BCUT2D eigenvalue weighted by molar-refractivity contribution is -0.138. The van der Waals surface area contributed by atoms with E-state index in [1.807, 2.05) is 12.1 Å². The minimum Gasteiger partial charge on any atom is -0.438 e. The van der Waals surface area contributed by atoms with E-state index in [0.29, 0.717) is 5.75 Å². The summed E-state index contributed by atoms with van der Waals surface area (Å²) in [6.07, 6.45) is -1.21. The summed E-state index contributed by atoms with van der Waals surface area (Å²) >= 11 is 0. The van der Waals surface area contributed by atoms with Crippen LogP contribution in [0.4, 0.5) is 13.2 Å². The van der Waals surface area contributed by atoms with Crippen LogP contribution in [0.5, 0.6) is 11.6 Å². The summed E-state index contributed by atoms with van der Waals surface area (Å²) in [5.41, 5.74) is 0.273. The lowest BCUT2D eigenvalue weighted by Crippen LogP contribution is -2.44. The van der Waals surface area contributed by atoms with Gasteiger partial charge < -0.3 is 14.5 Å². The molecule has 0 N–H and O–H groups in total. The molecule has 0 bridgehead atoms. The molecule has 0 atom stereocenters. The van der Waals surface area contributed by atoms with Crippen molar-refractivity contribution < 1.29 is 17.9 Å². The Hall–Kier alpha value is -2.12. The van der Waals surface area contributed by atoms with E-state index in [2.05, 4.69) is 21.8 Å². The molecule has 1 saturated heterocycles. The van der Waals surface area contributed by atoms with Gasteiger partial charge in [-0.25, -0.2) is 4.98 Å². The highest BCUT2D eigenvalue weighted by Crippen LogP contribution is 2.36. The first kappa shape index (κ1) is 19.6. The van der Waals surface area contributed by atoms with E-state index in [-0.39, 0.29) is 0 Å². The lowest BCUT2D eigenvalue weighted by Gasteiger charge is -2.32. The normalized spacial score (nSPS) is 16.4. The number of hydrogen-bond acceptors (Lipinski definition) is 4. The van der Waals surface area contributed by atoms with Crippen molar-refractivity contribution in [2.45, 2.75) is 19.0 Å². The highest BCUT2D eigenvalue weighted by Gasteiger charge is 2.35. The number of aryl methyl sites for hydroxylation is 1. The zero-order chi connectivity index (χ0) is 19.3. The molecule has 0 unspecified atom stereocenters. The molecule has 0 radical (unpaired) electrons. The van der Waals surface area contributed by atoms with Crippen molar-refractivity contribution >= 4 is 0 Å². The summed E-state index contributed by atoms with van der Waals surface area (Å²) < 4.78 is 44.4. The van der Waals surface area contributed by atoms with Crippen LogP contribution in [0.15, 0.2) is 42.6 Å². The number of halogens is 3.